The summed E-state index contributed by atoms with van der Waals surface area (Å²) in [5.41, 5.74) is 16.2. The Kier molecular flexibility index (Phi) is 6.55. The van der Waals surface area contributed by atoms with Crippen LogP contribution in [0.2, 0.25) is 0 Å². The molecule has 2 aliphatic carbocycles. The van der Waals surface area contributed by atoms with E-state index in [4.69, 9.17) is 14.4 Å². The minimum atomic E-state index is -0.573. The molecule has 0 atom stereocenters. The third-order valence-electron chi connectivity index (χ3n) is 11.9. The van der Waals surface area contributed by atoms with Gasteiger partial charge in [-0.15, -0.1) is 0 Å². The number of aromatic nitrogens is 2. The zero-order valence-electron chi connectivity index (χ0n) is 30.3. The second-order valence-electron chi connectivity index (χ2n) is 14.9. The van der Waals surface area contributed by atoms with Gasteiger partial charge in [0.1, 0.15) is 16.8 Å². The number of para-hydroxylation sites is 1. The minimum Gasteiger partial charge on any atom is -0.459 e. The predicted molar refractivity (Wildman–Crippen MR) is 227 cm³/mol. The molecule has 0 N–H and O–H groups in total. The molecule has 0 radical (unpaired) electrons. The highest BCUT2D eigenvalue weighted by atomic mass is 16.3. The van der Waals surface area contributed by atoms with Crippen LogP contribution in [-0.2, 0) is 5.41 Å². The van der Waals surface area contributed by atoms with Gasteiger partial charge in [0.15, 0.2) is 5.82 Å². The van der Waals surface area contributed by atoms with Gasteiger partial charge in [0.25, 0.3) is 0 Å². The highest BCUT2D eigenvalue weighted by Crippen LogP contribution is 2.64. The van der Waals surface area contributed by atoms with Crippen molar-refractivity contribution in [2.45, 2.75) is 5.41 Å². The van der Waals surface area contributed by atoms with Crippen LogP contribution in [0.15, 0.2) is 199 Å². The first-order chi connectivity index (χ1) is 27.7. The molecular formula is C53H32N2O. The molecule has 0 saturated carbocycles. The van der Waals surface area contributed by atoms with E-state index in [-0.39, 0.29) is 0 Å². The van der Waals surface area contributed by atoms with Gasteiger partial charge in [0, 0.05) is 27.6 Å². The topological polar surface area (TPSA) is 38.9 Å². The third-order valence-corrected chi connectivity index (χ3v) is 11.9. The largest absolute Gasteiger partial charge is 0.459 e. The summed E-state index contributed by atoms with van der Waals surface area (Å²) < 4.78 is 6.97. The quantitative estimate of drug-likeness (QED) is 0.182. The summed E-state index contributed by atoms with van der Waals surface area (Å²) in [6.07, 6.45) is 0. The summed E-state index contributed by atoms with van der Waals surface area (Å²) in [5, 5.41) is 3.51. The van der Waals surface area contributed by atoms with Crippen molar-refractivity contribution in [1.29, 1.82) is 0 Å². The fraction of sp³-hybridized carbons (Fsp3) is 0.0189. The highest BCUT2D eigenvalue weighted by molar-refractivity contribution is 6.05. The Balaban J connectivity index is 1.05. The second kappa shape index (κ2) is 11.8. The lowest BCUT2D eigenvalue weighted by Crippen LogP contribution is -2.25. The molecule has 0 bridgehead atoms. The van der Waals surface area contributed by atoms with Crippen molar-refractivity contribution in [3.8, 4) is 67.3 Å². The standard InChI is InChI=1S/C53H32N2O/c1-2-14-34(15-3-1)47-32-48(55-52(54-47)39-26-25-33-13-4-5-16-35(33)30-39)38-18-12-17-36(29-38)37-27-28-42-46(31-37)53(51-50(42)43-21-8-11-24-49(43)56-51)44-22-9-6-19-40(44)41-20-7-10-23-45(41)53/h1-32H. The van der Waals surface area contributed by atoms with Crippen molar-refractivity contribution in [1.82, 2.24) is 9.97 Å². The first-order valence-electron chi connectivity index (χ1n) is 19.1. The monoisotopic (exact) mass is 712 g/mol. The third kappa shape index (κ3) is 4.40. The lowest BCUT2D eigenvalue weighted by molar-refractivity contribution is 0.507. The molecule has 3 heteroatoms. The molecule has 2 aromatic heterocycles. The van der Waals surface area contributed by atoms with Gasteiger partial charge in [-0.1, -0.05) is 164 Å². The molecular weight excluding hydrogens is 681 g/mol. The summed E-state index contributed by atoms with van der Waals surface area (Å²) in [5.74, 6) is 1.71. The van der Waals surface area contributed by atoms with Crippen molar-refractivity contribution in [2.24, 2.45) is 0 Å². The zero-order chi connectivity index (χ0) is 36.8. The number of rotatable bonds is 4. The normalized spacial score (nSPS) is 13.1. The van der Waals surface area contributed by atoms with Crippen molar-refractivity contribution in [3.05, 3.63) is 217 Å². The van der Waals surface area contributed by atoms with Gasteiger partial charge in [0.2, 0.25) is 0 Å². The van der Waals surface area contributed by atoms with E-state index in [9.17, 15) is 0 Å². The molecule has 2 aliphatic rings. The molecule has 0 aliphatic heterocycles. The van der Waals surface area contributed by atoms with Crippen LogP contribution in [0.25, 0.3) is 89.0 Å². The number of nitrogens with zero attached hydrogens (tertiary/aromatic N) is 2. The Hall–Kier alpha value is -7.36. The van der Waals surface area contributed by atoms with Gasteiger partial charge >= 0.3 is 0 Å². The Labute approximate surface area is 324 Å². The SMILES string of the molecule is c1ccc(-c2cc(-c3cccc(-c4ccc5c(c4)C4(c6ccccc6-c6ccccc64)c4oc6ccccc6c4-5)c3)nc(-c3ccc4ccccc4c3)n2)cc1. The maximum absolute atomic E-state index is 6.97. The lowest BCUT2D eigenvalue weighted by atomic mass is 9.72. The summed E-state index contributed by atoms with van der Waals surface area (Å²) in [4.78, 5) is 10.4. The van der Waals surface area contributed by atoms with Gasteiger partial charge in [-0.3, -0.25) is 0 Å². The lowest BCUT2D eigenvalue weighted by Gasteiger charge is -2.28. The average molecular weight is 713 g/mol. The molecule has 260 valence electrons. The van der Waals surface area contributed by atoms with Crippen LogP contribution in [0.1, 0.15) is 22.5 Å². The highest BCUT2D eigenvalue weighted by Gasteiger charge is 2.55. The van der Waals surface area contributed by atoms with Crippen molar-refractivity contribution >= 4 is 21.7 Å². The van der Waals surface area contributed by atoms with Crippen LogP contribution in [0.4, 0.5) is 0 Å². The van der Waals surface area contributed by atoms with Crippen LogP contribution in [0, 0.1) is 0 Å². The molecule has 0 amide bonds. The van der Waals surface area contributed by atoms with E-state index in [1.165, 1.54) is 49.7 Å². The van der Waals surface area contributed by atoms with E-state index >= 15 is 0 Å². The molecule has 0 unspecified atom stereocenters. The molecule has 10 aromatic rings. The van der Waals surface area contributed by atoms with Crippen LogP contribution in [0.3, 0.4) is 0 Å². The summed E-state index contributed by atoms with van der Waals surface area (Å²) >= 11 is 0. The molecule has 3 nitrogen and oxygen atoms in total. The molecule has 1 spiro atoms. The molecule has 0 saturated heterocycles. The number of furan rings is 1. The number of fused-ring (bicyclic) bond motifs is 13. The zero-order valence-corrected chi connectivity index (χ0v) is 30.3. The first kappa shape index (κ1) is 31.0. The van der Waals surface area contributed by atoms with Crippen molar-refractivity contribution < 1.29 is 4.42 Å². The van der Waals surface area contributed by atoms with E-state index in [0.717, 1.165) is 55.9 Å². The molecule has 56 heavy (non-hydrogen) atoms. The average Bonchev–Trinajstić information content (AvgIpc) is 3.90. The van der Waals surface area contributed by atoms with E-state index in [1.807, 2.05) is 6.07 Å². The van der Waals surface area contributed by atoms with Gasteiger partial charge < -0.3 is 4.42 Å². The van der Waals surface area contributed by atoms with E-state index in [0.29, 0.717) is 5.82 Å². The molecule has 0 fully saturated rings. The Morgan fingerprint density at radius 2 is 1.00 bits per heavy atom. The first-order valence-corrected chi connectivity index (χ1v) is 19.1. The van der Waals surface area contributed by atoms with Crippen LogP contribution >= 0.6 is 0 Å². The van der Waals surface area contributed by atoms with Crippen LogP contribution < -0.4 is 0 Å². The number of hydrogen-bond donors (Lipinski definition) is 0. The maximum Gasteiger partial charge on any atom is 0.160 e. The Morgan fingerprint density at radius 1 is 0.375 bits per heavy atom. The van der Waals surface area contributed by atoms with Gasteiger partial charge in [-0.25, -0.2) is 9.97 Å². The Morgan fingerprint density at radius 3 is 1.82 bits per heavy atom. The van der Waals surface area contributed by atoms with E-state index < -0.39 is 5.41 Å². The van der Waals surface area contributed by atoms with E-state index in [1.54, 1.807) is 0 Å². The summed E-state index contributed by atoms with van der Waals surface area (Å²) in [7, 11) is 0. The summed E-state index contributed by atoms with van der Waals surface area (Å²) in [6.45, 7) is 0. The molecule has 8 aromatic carbocycles. The fourth-order valence-electron chi connectivity index (χ4n) is 9.39. The van der Waals surface area contributed by atoms with Crippen molar-refractivity contribution in [2.75, 3.05) is 0 Å². The van der Waals surface area contributed by atoms with Crippen LogP contribution in [0.5, 0.6) is 0 Å². The maximum atomic E-state index is 6.97. The second-order valence-corrected chi connectivity index (χ2v) is 14.9. The van der Waals surface area contributed by atoms with Crippen molar-refractivity contribution in [3.63, 3.8) is 0 Å². The molecule has 2 heterocycles. The number of hydrogen-bond acceptors (Lipinski definition) is 3. The van der Waals surface area contributed by atoms with E-state index in [2.05, 4.69) is 188 Å². The molecule has 12 rings (SSSR count). The summed E-state index contributed by atoms with van der Waals surface area (Å²) in [6, 6.07) is 69.3. The minimum absolute atomic E-state index is 0.573. The smallest absolute Gasteiger partial charge is 0.160 e. The predicted octanol–water partition coefficient (Wildman–Crippen LogP) is 13.4. The van der Waals surface area contributed by atoms with Crippen LogP contribution in [-0.4, -0.2) is 9.97 Å². The van der Waals surface area contributed by atoms with Gasteiger partial charge in [0.05, 0.1) is 11.4 Å². The fourth-order valence-corrected chi connectivity index (χ4v) is 9.39. The Bertz CT molecular complexity index is 3170. The van der Waals surface area contributed by atoms with Gasteiger partial charge in [-0.05, 0) is 85.6 Å². The number of benzene rings is 8. The van der Waals surface area contributed by atoms with Gasteiger partial charge in [-0.2, -0.15) is 0 Å².